The first-order valence-corrected chi connectivity index (χ1v) is 9.94. The molecule has 1 heterocycles. The molecule has 1 amide bonds. The number of aryl methyl sites for hydroxylation is 1. The van der Waals surface area contributed by atoms with Gasteiger partial charge in [0, 0.05) is 24.8 Å². The molecule has 1 N–H and O–H groups in total. The zero-order valence-corrected chi connectivity index (χ0v) is 15.9. The minimum Gasteiger partial charge on any atom is -0.495 e. The highest BCUT2D eigenvalue weighted by molar-refractivity contribution is 7.92. The quantitative estimate of drug-likeness (QED) is 0.873. The Kier molecular flexibility index (Phi) is 4.91. The van der Waals surface area contributed by atoms with Crippen LogP contribution in [0.3, 0.4) is 0 Å². The second-order valence-electron chi connectivity index (χ2n) is 6.21. The SMILES string of the molecule is CCc1ccc(OC)c(S(=O)(=O)Nc2ccc3c(c2)CCN3C(C)=O)c1. The van der Waals surface area contributed by atoms with Crippen molar-refractivity contribution in [2.24, 2.45) is 0 Å². The van der Waals surface area contributed by atoms with Gasteiger partial charge in [-0.3, -0.25) is 9.52 Å². The predicted molar refractivity (Wildman–Crippen MR) is 101 cm³/mol. The number of fused-ring (bicyclic) bond motifs is 1. The van der Waals surface area contributed by atoms with Gasteiger partial charge in [-0.1, -0.05) is 13.0 Å². The molecule has 138 valence electrons. The van der Waals surface area contributed by atoms with E-state index >= 15 is 0 Å². The summed E-state index contributed by atoms with van der Waals surface area (Å²) in [5, 5.41) is 0. The van der Waals surface area contributed by atoms with Crippen molar-refractivity contribution in [3.8, 4) is 5.75 Å². The average molecular weight is 374 g/mol. The fourth-order valence-corrected chi connectivity index (χ4v) is 4.42. The molecule has 0 unspecified atom stereocenters. The van der Waals surface area contributed by atoms with E-state index in [0.29, 0.717) is 24.4 Å². The van der Waals surface area contributed by atoms with E-state index in [-0.39, 0.29) is 10.8 Å². The fraction of sp³-hybridized carbons (Fsp3) is 0.316. The number of sulfonamides is 1. The molecule has 0 atom stereocenters. The van der Waals surface area contributed by atoms with E-state index in [4.69, 9.17) is 4.74 Å². The maximum Gasteiger partial charge on any atom is 0.265 e. The van der Waals surface area contributed by atoms with Crippen molar-refractivity contribution in [1.29, 1.82) is 0 Å². The van der Waals surface area contributed by atoms with E-state index < -0.39 is 10.0 Å². The summed E-state index contributed by atoms with van der Waals surface area (Å²) in [5.41, 5.74) is 3.18. The van der Waals surface area contributed by atoms with Crippen LogP contribution in [0.4, 0.5) is 11.4 Å². The highest BCUT2D eigenvalue weighted by atomic mass is 32.2. The van der Waals surface area contributed by atoms with Crippen LogP contribution in [0.15, 0.2) is 41.3 Å². The minimum atomic E-state index is -3.79. The van der Waals surface area contributed by atoms with Gasteiger partial charge >= 0.3 is 0 Å². The van der Waals surface area contributed by atoms with Crippen LogP contribution in [0.25, 0.3) is 0 Å². The second kappa shape index (κ2) is 6.99. The van der Waals surface area contributed by atoms with Gasteiger partial charge in [0.25, 0.3) is 10.0 Å². The van der Waals surface area contributed by atoms with Crippen molar-refractivity contribution >= 4 is 27.3 Å². The first kappa shape index (κ1) is 18.3. The largest absolute Gasteiger partial charge is 0.495 e. The van der Waals surface area contributed by atoms with Gasteiger partial charge in [-0.15, -0.1) is 0 Å². The molecule has 0 saturated carbocycles. The van der Waals surface area contributed by atoms with Crippen molar-refractivity contribution in [2.45, 2.75) is 31.6 Å². The third-order valence-electron chi connectivity index (χ3n) is 4.53. The van der Waals surface area contributed by atoms with Crippen molar-refractivity contribution in [3.05, 3.63) is 47.5 Å². The van der Waals surface area contributed by atoms with Crippen molar-refractivity contribution < 1.29 is 17.9 Å². The number of benzene rings is 2. The topological polar surface area (TPSA) is 75.7 Å². The summed E-state index contributed by atoms with van der Waals surface area (Å²) in [6, 6.07) is 10.4. The van der Waals surface area contributed by atoms with E-state index in [1.165, 1.54) is 14.0 Å². The lowest BCUT2D eigenvalue weighted by atomic mass is 10.1. The van der Waals surface area contributed by atoms with Gasteiger partial charge in [0.15, 0.2) is 0 Å². The number of carbonyl (C=O) groups excluding carboxylic acids is 1. The van der Waals surface area contributed by atoms with Crippen LogP contribution in [-0.2, 0) is 27.7 Å². The zero-order valence-electron chi connectivity index (χ0n) is 15.1. The van der Waals surface area contributed by atoms with Crippen LogP contribution in [-0.4, -0.2) is 28.0 Å². The van der Waals surface area contributed by atoms with E-state index in [0.717, 1.165) is 23.2 Å². The third-order valence-corrected chi connectivity index (χ3v) is 5.94. The Morgan fingerprint density at radius 1 is 1.23 bits per heavy atom. The fourth-order valence-electron chi connectivity index (χ4n) is 3.15. The Morgan fingerprint density at radius 3 is 2.65 bits per heavy atom. The van der Waals surface area contributed by atoms with Crippen LogP contribution in [0.2, 0.25) is 0 Å². The summed E-state index contributed by atoms with van der Waals surface area (Å²) in [6.45, 7) is 4.11. The molecule has 1 aliphatic rings. The molecule has 0 bridgehead atoms. The second-order valence-corrected chi connectivity index (χ2v) is 7.86. The monoisotopic (exact) mass is 374 g/mol. The smallest absolute Gasteiger partial charge is 0.265 e. The number of hydrogen-bond acceptors (Lipinski definition) is 4. The summed E-state index contributed by atoms with van der Waals surface area (Å²) < 4.78 is 33.6. The summed E-state index contributed by atoms with van der Waals surface area (Å²) >= 11 is 0. The lowest BCUT2D eigenvalue weighted by Gasteiger charge is -2.16. The van der Waals surface area contributed by atoms with E-state index in [1.54, 1.807) is 35.2 Å². The van der Waals surface area contributed by atoms with Crippen molar-refractivity contribution in [3.63, 3.8) is 0 Å². The highest BCUT2D eigenvalue weighted by Gasteiger charge is 2.24. The van der Waals surface area contributed by atoms with Crippen LogP contribution in [0, 0.1) is 0 Å². The normalized spacial score (nSPS) is 13.4. The van der Waals surface area contributed by atoms with Crippen molar-refractivity contribution in [2.75, 3.05) is 23.3 Å². The summed E-state index contributed by atoms with van der Waals surface area (Å²) in [7, 11) is -2.34. The van der Waals surface area contributed by atoms with E-state index in [1.807, 2.05) is 13.0 Å². The van der Waals surface area contributed by atoms with Crippen LogP contribution >= 0.6 is 0 Å². The number of rotatable bonds is 5. The molecule has 0 aliphatic carbocycles. The molecule has 0 fully saturated rings. The number of anilines is 2. The van der Waals surface area contributed by atoms with Gasteiger partial charge in [-0.25, -0.2) is 8.42 Å². The first-order chi connectivity index (χ1) is 12.4. The molecule has 1 aliphatic heterocycles. The van der Waals surface area contributed by atoms with E-state index in [2.05, 4.69) is 4.72 Å². The van der Waals surface area contributed by atoms with Gasteiger partial charge in [0.2, 0.25) is 5.91 Å². The Bertz CT molecular complexity index is 954. The third kappa shape index (κ3) is 3.39. The van der Waals surface area contributed by atoms with Gasteiger partial charge in [0.1, 0.15) is 10.6 Å². The molecule has 0 saturated heterocycles. The lowest BCUT2D eigenvalue weighted by Crippen LogP contribution is -2.25. The van der Waals surface area contributed by atoms with Crippen LogP contribution in [0.1, 0.15) is 25.0 Å². The molecule has 0 radical (unpaired) electrons. The Hall–Kier alpha value is -2.54. The van der Waals surface area contributed by atoms with Gasteiger partial charge < -0.3 is 9.64 Å². The van der Waals surface area contributed by atoms with Gasteiger partial charge in [-0.2, -0.15) is 0 Å². The average Bonchev–Trinajstić information content (AvgIpc) is 3.04. The molecule has 0 spiro atoms. The molecule has 6 nitrogen and oxygen atoms in total. The summed E-state index contributed by atoms with van der Waals surface area (Å²) in [6.07, 6.45) is 1.44. The molecular formula is C19H22N2O4S. The molecule has 2 aromatic carbocycles. The predicted octanol–water partition coefficient (Wildman–Crippen LogP) is 2.97. The molecule has 0 aromatic heterocycles. The van der Waals surface area contributed by atoms with Crippen LogP contribution in [0.5, 0.6) is 5.75 Å². The number of hydrogen-bond donors (Lipinski definition) is 1. The maximum atomic E-state index is 12.9. The first-order valence-electron chi connectivity index (χ1n) is 8.46. The molecule has 26 heavy (non-hydrogen) atoms. The standard InChI is InChI=1S/C19H22N2O4S/c1-4-14-5-8-18(25-3)19(11-14)26(23,24)20-16-6-7-17-15(12-16)9-10-21(17)13(2)22/h5-8,11-12,20H,4,9-10H2,1-3H3. The highest BCUT2D eigenvalue weighted by Crippen LogP contribution is 2.32. The number of amides is 1. The Labute approximate surface area is 153 Å². The van der Waals surface area contributed by atoms with Gasteiger partial charge in [-0.05, 0) is 54.3 Å². The van der Waals surface area contributed by atoms with E-state index in [9.17, 15) is 13.2 Å². The summed E-state index contributed by atoms with van der Waals surface area (Å²) in [4.78, 5) is 13.5. The van der Waals surface area contributed by atoms with Crippen molar-refractivity contribution in [1.82, 2.24) is 0 Å². The number of nitrogens with zero attached hydrogens (tertiary/aromatic N) is 1. The number of ether oxygens (including phenoxy) is 1. The van der Waals surface area contributed by atoms with Gasteiger partial charge in [0.05, 0.1) is 7.11 Å². The number of methoxy groups -OCH3 is 1. The molecule has 3 rings (SSSR count). The zero-order chi connectivity index (χ0) is 18.9. The Balaban J connectivity index is 1.93. The molecular weight excluding hydrogens is 352 g/mol. The lowest BCUT2D eigenvalue weighted by molar-refractivity contribution is -0.116. The summed E-state index contributed by atoms with van der Waals surface area (Å²) in [5.74, 6) is 0.289. The number of nitrogens with one attached hydrogen (secondary N) is 1. The molecule has 2 aromatic rings. The van der Waals surface area contributed by atoms with Crippen LogP contribution < -0.4 is 14.4 Å². The number of carbonyl (C=O) groups is 1. The molecule has 7 heteroatoms. The Morgan fingerprint density at radius 2 is 2.00 bits per heavy atom. The minimum absolute atomic E-state index is 0.0156. The maximum absolute atomic E-state index is 12.9.